The highest BCUT2D eigenvalue weighted by Crippen LogP contribution is 2.51. The van der Waals surface area contributed by atoms with Crippen molar-refractivity contribution in [3.63, 3.8) is 0 Å². The minimum Gasteiger partial charge on any atom is -0.268 e. The first kappa shape index (κ1) is 20.8. The molecule has 176 valence electrons. The van der Waals surface area contributed by atoms with Gasteiger partial charge in [-0.15, -0.1) is 0 Å². The summed E-state index contributed by atoms with van der Waals surface area (Å²) in [5.74, 6) is 0. The molecule has 0 amide bonds. The van der Waals surface area contributed by atoms with Crippen LogP contribution in [0.5, 0.6) is 0 Å². The summed E-state index contributed by atoms with van der Waals surface area (Å²) in [7, 11) is -4.11. The Bertz CT molecular complexity index is 2510. The van der Waals surface area contributed by atoms with Crippen LogP contribution in [0.2, 0.25) is 0 Å². The lowest BCUT2D eigenvalue weighted by molar-refractivity contribution is 0.597. The van der Waals surface area contributed by atoms with Gasteiger partial charge in [-0.25, -0.2) is 18.2 Å². The highest BCUT2D eigenvalue weighted by molar-refractivity contribution is 7.92. The zero-order valence-corrected chi connectivity index (χ0v) is 20.2. The van der Waals surface area contributed by atoms with Crippen LogP contribution in [0.1, 0.15) is 5.56 Å². The molecule has 0 spiro atoms. The van der Waals surface area contributed by atoms with E-state index >= 15 is 0 Å². The van der Waals surface area contributed by atoms with Crippen LogP contribution in [0.3, 0.4) is 0 Å². The first-order valence-corrected chi connectivity index (χ1v) is 13.2. The third-order valence-electron chi connectivity index (χ3n) is 7.51. The molecule has 3 heterocycles. The Morgan fingerprint density at radius 1 is 0.921 bits per heavy atom. The van der Waals surface area contributed by atoms with Crippen molar-refractivity contribution in [1.29, 1.82) is 5.26 Å². The van der Waals surface area contributed by atoms with Crippen molar-refractivity contribution in [2.45, 2.75) is 9.79 Å². The van der Waals surface area contributed by atoms with E-state index in [0.29, 0.717) is 38.6 Å². The molecule has 38 heavy (non-hydrogen) atoms. The molecule has 8 rings (SSSR count). The van der Waals surface area contributed by atoms with E-state index in [1.807, 2.05) is 36.4 Å². The van der Waals surface area contributed by atoms with Gasteiger partial charge in [-0.05, 0) is 35.7 Å². The number of hydrogen-bond acceptors (Lipinski definition) is 5. The van der Waals surface area contributed by atoms with Crippen LogP contribution in [0.4, 0.5) is 5.69 Å². The van der Waals surface area contributed by atoms with E-state index in [2.05, 4.69) is 10.9 Å². The molecule has 0 bridgehead atoms. The summed E-state index contributed by atoms with van der Waals surface area (Å²) in [5.41, 5.74) is 2.15. The van der Waals surface area contributed by atoms with E-state index in [1.165, 1.54) is 16.5 Å². The Balaban J connectivity index is 1.78. The van der Waals surface area contributed by atoms with E-state index in [0.717, 1.165) is 10.8 Å². The van der Waals surface area contributed by atoms with Gasteiger partial charge in [0.1, 0.15) is 5.65 Å². The standard InChI is InChI=1S/C30H12N4O3S/c1-32-21-13-19-26-18(29-33-20-9-4-6-15-7-5-10-22(25(15)20)34(29)30(19)35)12-16(14-31)24-17-8-2-3-11-23(17)38(36,37)28(21)27(24)26/h2-13H. The van der Waals surface area contributed by atoms with Crippen molar-refractivity contribution in [3.05, 3.63) is 100 Å². The monoisotopic (exact) mass is 508 g/mol. The Morgan fingerprint density at radius 2 is 1.71 bits per heavy atom. The maximum atomic E-state index is 14.2. The normalized spacial score (nSPS) is 13.7. The average Bonchev–Trinajstić information content (AvgIpc) is 2.94. The van der Waals surface area contributed by atoms with E-state index in [4.69, 9.17) is 11.6 Å². The van der Waals surface area contributed by atoms with Crippen LogP contribution in [-0.2, 0) is 9.84 Å². The molecule has 5 aromatic carbocycles. The Morgan fingerprint density at radius 3 is 2.50 bits per heavy atom. The first-order valence-electron chi connectivity index (χ1n) is 11.7. The van der Waals surface area contributed by atoms with Crippen molar-refractivity contribution in [1.82, 2.24) is 9.38 Å². The lowest BCUT2D eigenvalue weighted by Gasteiger charge is -2.25. The van der Waals surface area contributed by atoms with E-state index < -0.39 is 15.4 Å². The SMILES string of the molecule is [C-]#[N+]c1cc2c(=O)n3c4cccc5cccc(nc3c3cc(C#N)c6c(c1S(=O)(=O)c1ccccc1-6)c23)c54. The molecular weight excluding hydrogens is 496 g/mol. The molecule has 0 radical (unpaired) electrons. The molecule has 0 N–H and O–H groups in total. The van der Waals surface area contributed by atoms with Crippen molar-refractivity contribution in [2.75, 3.05) is 0 Å². The number of rotatable bonds is 0. The zero-order chi connectivity index (χ0) is 25.9. The lowest BCUT2D eigenvalue weighted by atomic mass is 9.89. The van der Waals surface area contributed by atoms with E-state index in [1.54, 1.807) is 24.3 Å². The molecule has 1 aliphatic rings. The predicted molar refractivity (Wildman–Crippen MR) is 145 cm³/mol. The Kier molecular flexibility index (Phi) is 3.68. The van der Waals surface area contributed by atoms with Gasteiger partial charge >= 0.3 is 0 Å². The number of nitrogens with zero attached hydrogens (tertiary/aromatic N) is 4. The number of hydrogen-bond donors (Lipinski definition) is 0. The minimum absolute atomic E-state index is 0.0383. The molecule has 0 aliphatic carbocycles. The molecule has 8 heteroatoms. The van der Waals surface area contributed by atoms with Crippen LogP contribution >= 0.6 is 0 Å². The van der Waals surface area contributed by atoms with Gasteiger partial charge in [0.05, 0.1) is 39.0 Å². The van der Waals surface area contributed by atoms with Crippen LogP contribution in [0, 0.1) is 17.9 Å². The van der Waals surface area contributed by atoms with Gasteiger partial charge in [-0.1, -0.05) is 42.5 Å². The summed E-state index contributed by atoms with van der Waals surface area (Å²) in [6, 6.07) is 23.1. The quantitative estimate of drug-likeness (QED) is 0.143. The second-order valence-corrected chi connectivity index (χ2v) is 11.2. The second kappa shape index (κ2) is 6.71. The van der Waals surface area contributed by atoms with Gasteiger partial charge in [-0.2, -0.15) is 5.26 Å². The van der Waals surface area contributed by atoms with Gasteiger partial charge in [0.15, 0.2) is 9.84 Å². The smallest absolute Gasteiger partial charge is 0.263 e. The molecular formula is C30H12N4O3S. The summed E-state index contributed by atoms with van der Waals surface area (Å²) in [4.78, 5) is 22.5. The summed E-state index contributed by atoms with van der Waals surface area (Å²) in [5, 5.41) is 13.3. The molecule has 0 unspecified atom stereocenters. The molecule has 7 nitrogen and oxygen atoms in total. The van der Waals surface area contributed by atoms with Gasteiger partial charge in [0, 0.05) is 38.1 Å². The molecule has 1 aliphatic heterocycles. The molecule has 7 aromatic rings. The maximum absolute atomic E-state index is 14.2. The molecule has 0 fully saturated rings. The van der Waals surface area contributed by atoms with Gasteiger partial charge in [0.25, 0.3) is 5.56 Å². The summed E-state index contributed by atoms with van der Waals surface area (Å²) >= 11 is 0. The van der Waals surface area contributed by atoms with Gasteiger partial charge in [0.2, 0.25) is 5.69 Å². The van der Waals surface area contributed by atoms with E-state index in [-0.39, 0.29) is 31.8 Å². The van der Waals surface area contributed by atoms with Crippen LogP contribution in [0.15, 0.2) is 87.4 Å². The number of fused-ring (bicyclic) bond motifs is 5. The fourth-order valence-electron chi connectivity index (χ4n) is 6.04. The van der Waals surface area contributed by atoms with Crippen LogP contribution in [0.25, 0.3) is 65.0 Å². The number of nitriles is 1. The Hall–Kier alpha value is -5.31. The number of pyridine rings is 1. The fourth-order valence-corrected chi connectivity index (χ4v) is 7.83. The topological polar surface area (TPSA) is 96.7 Å². The van der Waals surface area contributed by atoms with Crippen LogP contribution in [-0.4, -0.2) is 17.8 Å². The van der Waals surface area contributed by atoms with Gasteiger partial charge in [-0.3, -0.25) is 9.20 Å². The molecule has 0 saturated carbocycles. The fraction of sp³-hybridized carbons (Fsp3) is 0. The van der Waals surface area contributed by atoms with Crippen molar-refractivity contribution < 1.29 is 8.42 Å². The molecule has 2 aromatic heterocycles. The van der Waals surface area contributed by atoms with Gasteiger partial charge < -0.3 is 0 Å². The first-order chi connectivity index (χ1) is 18.5. The van der Waals surface area contributed by atoms with E-state index in [9.17, 15) is 18.5 Å². The summed E-state index contributed by atoms with van der Waals surface area (Å²) < 4.78 is 29.3. The number of benzene rings is 5. The molecule has 0 saturated heterocycles. The highest BCUT2D eigenvalue weighted by Gasteiger charge is 2.36. The minimum atomic E-state index is -4.11. The number of aromatic nitrogens is 2. The lowest BCUT2D eigenvalue weighted by Crippen LogP contribution is -2.19. The zero-order valence-electron chi connectivity index (χ0n) is 19.4. The van der Waals surface area contributed by atoms with Crippen molar-refractivity contribution >= 4 is 64.5 Å². The largest absolute Gasteiger partial charge is 0.268 e. The predicted octanol–water partition coefficient (Wildman–Crippen LogP) is 5.98. The highest BCUT2D eigenvalue weighted by atomic mass is 32.2. The number of sulfone groups is 1. The summed E-state index contributed by atoms with van der Waals surface area (Å²) in [6.07, 6.45) is 0. The maximum Gasteiger partial charge on any atom is 0.263 e. The third-order valence-corrected chi connectivity index (χ3v) is 9.39. The second-order valence-electron chi connectivity index (χ2n) is 9.32. The van der Waals surface area contributed by atoms with Crippen molar-refractivity contribution in [3.8, 4) is 17.2 Å². The molecule has 0 atom stereocenters. The average molecular weight is 509 g/mol. The van der Waals surface area contributed by atoms with Crippen LogP contribution < -0.4 is 5.56 Å². The summed E-state index contributed by atoms with van der Waals surface area (Å²) in [6.45, 7) is 7.84. The Labute approximate surface area is 214 Å². The third kappa shape index (κ3) is 2.25. The van der Waals surface area contributed by atoms with Crippen molar-refractivity contribution in [2.24, 2.45) is 0 Å².